The predicted molar refractivity (Wildman–Crippen MR) is 52.9 cm³/mol. The third kappa shape index (κ3) is 1.56. The van der Waals surface area contributed by atoms with Crippen molar-refractivity contribution in [2.45, 2.75) is 13.2 Å². The largest absolute Gasteiger partial charge is 0.455 e. The Kier molecular flexibility index (Phi) is 2.27. The molecule has 1 aliphatic rings. The van der Waals surface area contributed by atoms with Crippen LogP contribution in [0.5, 0.6) is 0 Å². The van der Waals surface area contributed by atoms with Crippen LogP contribution < -0.4 is 0 Å². The van der Waals surface area contributed by atoms with E-state index in [1.807, 2.05) is 25.1 Å². The molecule has 2 nitrogen and oxygen atoms in total. The summed E-state index contributed by atoms with van der Waals surface area (Å²) in [5.74, 6) is 0. The lowest BCUT2D eigenvalue weighted by Crippen LogP contribution is -2.00. The minimum Gasteiger partial charge on any atom is -0.455 e. The predicted octanol–water partition coefficient (Wildman–Crippen LogP) is 3.27. The van der Waals surface area contributed by atoms with Crippen LogP contribution in [0.4, 0.5) is 0 Å². The molecule has 13 heavy (non-hydrogen) atoms. The Morgan fingerprint density at radius 2 is 1.92 bits per heavy atom. The van der Waals surface area contributed by atoms with E-state index in [0.717, 1.165) is 15.6 Å². The molecule has 0 N–H and O–H groups in total. The van der Waals surface area contributed by atoms with Gasteiger partial charge >= 0.3 is 0 Å². The SMILES string of the molecule is Cc1c(Br)cccc1C1OC=CO1. The third-order valence-corrected chi connectivity index (χ3v) is 2.88. The van der Waals surface area contributed by atoms with Crippen LogP contribution in [0.2, 0.25) is 0 Å². The van der Waals surface area contributed by atoms with E-state index < -0.39 is 0 Å². The Bertz CT molecular complexity index is 339. The van der Waals surface area contributed by atoms with E-state index in [1.165, 1.54) is 0 Å². The quantitative estimate of drug-likeness (QED) is 0.751. The fourth-order valence-corrected chi connectivity index (χ4v) is 1.65. The number of hydrogen-bond acceptors (Lipinski definition) is 2. The monoisotopic (exact) mass is 240 g/mol. The molecule has 0 amide bonds. The lowest BCUT2D eigenvalue weighted by atomic mass is 10.1. The van der Waals surface area contributed by atoms with Gasteiger partial charge in [0.25, 0.3) is 6.29 Å². The Morgan fingerprint density at radius 3 is 2.62 bits per heavy atom. The first kappa shape index (κ1) is 8.63. The second-order valence-electron chi connectivity index (χ2n) is 2.83. The lowest BCUT2D eigenvalue weighted by molar-refractivity contribution is -0.0250. The fourth-order valence-electron chi connectivity index (χ4n) is 1.27. The highest BCUT2D eigenvalue weighted by atomic mass is 79.9. The van der Waals surface area contributed by atoms with Gasteiger partial charge in [0.05, 0.1) is 0 Å². The third-order valence-electron chi connectivity index (χ3n) is 2.02. The summed E-state index contributed by atoms with van der Waals surface area (Å²) in [6.07, 6.45) is 2.84. The van der Waals surface area contributed by atoms with Crippen molar-refractivity contribution >= 4 is 15.9 Å². The summed E-state index contributed by atoms with van der Waals surface area (Å²) in [5.41, 5.74) is 2.20. The molecule has 0 aliphatic carbocycles. The Labute approximate surface area is 85.3 Å². The highest BCUT2D eigenvalue weighted by molar-refractivity contribution is 9.10. The molecule has 1 aromatic carbocycles. The normalized spacial score (nSPS) is 15.5. The number of benzene rings is 1. The Morgan fingerprint density at radius 1 is 1.23 bits per heavy atom. The fraction of sp³-hybridized carbons (Fsp3) is 0.200. The average molecular weight is 241 g/mol. The first-order valence-corrected chi connectivity index (χ1v) is 4.79. The summed E-state index contributed by atoms with van der Waals surface area (Å²) in [5, 5.41) is 0. The second-order valence-corrected chi connectivity index (χ2v) is 3.68. The smallest absolute Gasteiger partial charge is 0.266 e. The van der Waals surface area contributed by atoms with E-state index in [2.05, 4.69) is 15.9 Å². The summed E-state index contributed by atoms with van der Waals surface area (Å²) in [6.45, 7) is 2.03. The Hall–Kier alpha value is -0.960. The summed E-state index contributed by atoms with van der Waals surface area (Å²) in [6, 6.07) is 5.97. The molecule has 0 spiro atoms. The van der Waals surface area contributed by atoms with Gasteiger partial charge in [0.15, 0.2) is 0 Å². The van der Waals surface area contributed by atoms with Crippen LogP contribution in [-0.2, 0) is 9.47 Å². The van der Waals surface area contributed by atoms with Crippen molar-refractivity contribution in [2.24, 2.45) is 0 Å². The molecule has 0 bridgehead atoms. The van der Waals surface area contributed by atoms with Gasteiger partial charge in [-0.2, -0.15) is 0 Å². The van der Waals surface area contributed by atoms with Crippen molar-refractivity contribution < 1.29 is 9.47 Å². The maximum atomic E-state index is 5.25. The van der Waals surface area contributed by atoms with Crippen molar-refractivity contribution in [3.63, 3.8) is 0 Å². The van der Waals surface area contributed by atoms with Crippen LogP contribution in [0.15, 0.2) is 35.2 Å². The van der Waals surface area contributed by atoms with Gasteiger partial charge < -0.3 is 9.47 Å². The van der Waals surface area contributed by atoms with Gasteiger partial charge in [-0.3, -0.25) is 0 Å². The summed E-state index contributed by atoms with van der Waals surface area (Å²) in [7, 11) is 0. The topological polar surface area (TPSA) is 18.5 Å². The van der Waals surface area contributed by atoms with Gasteiger partial charge in [-0.05, 0) is 18.6 Å². The van der Waals surface area contributed by atoms with Gasteiger partial charge in [0.1, 0.15) is 12.5 Å². The van der Waals surface area contributed by atoms with Gasteiger partial charge in [-0.1, -0.05) is 28.1 Å². The molecule has 0 atom stereocenters. The molecule has 68 valence electrons. The molecule has 1 heterocycles. The molecular formula is C10H9BrO2. The van der Waals surface area contributed by atoms with E-state index in [9.17, 15) is 0 Å². The van der Waals surface area contributed by atoms with Crippen LogP contribution in [-0.4, -0.2) is 0 Å². The van der Waals surface area contributed by atoms with Crippen LogP contribution in [0.1, 0.15) is 17.4 Å². The highest BCUT2D eigenvalue weighted by Crippen LogP contribution is 2.30. The second kappa shape index (κ2) is 3.42. The Balaban J connectivity index is 2.34. The number of hydrogen-bond donors (Lipinski definition) is 0. The van der Waals surface area contributed by atoms with Crippen molar-refractivity contribution in [3.8, 4) is 0 Å². The molecule has 1 aromatic rings. The van der Waals surface area contributed by atoms with Gasteiger partial charge in [-0.15, -0.1) is 0 Å². The molecule has 0 aromatic heterocycles. The average Bonchev–Trinajstić information content (AvgIpc) is 2.62. The van der Waals surface area contributed by atoms with Crippen LogP contribution in [0, 0.1) is 6.92 Å². The van der Waals surface area contributed by atoms with E-state index in [-0.39, 0.29) is 6.29 Å². The molecule has 2 rings (SSSR count). The zero-order valence-electron chi connectivity index (χ0n) is 7.16. The molecule has 0 saturated carbocycles. The molecular weight excluding hydrogens is 232 g/mol. The number of halogens is 1. The summed E-state index contributed by atoms with van der Waals surface area (Å²) >= 11 is 3.46. The van der Waals surface area contributed by atoms with E-state index >= 15 is 0 Å². The molecule has 0 saturated heterocycles. The van der Waals surface area contributed by atoms with Crippen molar-refractivity contribution in [1.29, 1.82) is 0 Å². The molecule has 1 aliphatic heterocycles. The van der Waals surface area contributed by atoms with Gasteiger partial charge in [0, 0.05) is 10.0 Å². The molecule has 0 fully saturated rings. The van der Waals surface area contributed by atoms with Crippen molar-refractivity contribution in [3.05, 3.63) is 46.3 Å². The summed E-state index contributed by atoms with van der Waals surface area (Å²) in [4.78, 5) is 0. The van der Waals surface area contributed by atoms with Gasteiger partial charge in [-0.25, -0.2) is 0 Å². The lowest BCUT2D eigenvalue weighted by Gasteiger charge is -2.13. The maximum Gasteiger partial charge on any atom is 0.266 e. The summed E-state index contributed by atoms with van der Waals surface area (Å²) < 4.78 is 11.6. The first-order chi connectivity index (χ1) is 6.29. The van der Waals surface area contributed by atoms with Crippen LogP contribution >= 0.6 is 15.9 Å². The molecule has 0 unspecified atom stereocenters. The van der Waals surface area contributed by atoms with E-state index in [1.54, 1.807) is 12.5 Å². The van der Waals surface area contributed by atoms with Crippen LogP contribution in [0.3, 0.4) is 0 Å². The highest BCUT2D eigenvalue weighted by Gasteiger charge is 2.18. The minimum absolute atomic E-state index is 0.280. The standard InChI is InChI=1S/C10H9BrO2/c1-7-8(3-2-4-9(7)11)10-12-5-6-13-10/h2-6,10H,1H3. The first-order valence-electron chi connectivity index (χ1n) is 4.00. The zero-order chi connectivity index (χ0) is 9.26. The van der Waals surface area contributed by atoms with E-state index in [0.29, 0.717) is 0 Å². The van der Waals surface area contributed by atoms with E-state index in [4.69, 9.17) is 9.47 Å². The minimum atomic E-state index is -0.280. The van der Waals surface area contributed by atoms with Crippen molar-refractivity contribution in [2.75, 3.05) is 0 Å². The number of rotatable bonds is 1. The van der Waals surface area contributed by atoms with Gasteiger partial charge in [0.2, 0.25) is 0 Å². The van der Waals surface area contributed by atoms with Crippen molar-refractivity contribution in [1.82, 2.24) is 0 Å². The number of ether oxygens (including phenoxy) is 2. The molecule has 0 radical (unpaired) electrons. The maximum absolute atomic E-state index is 5.25. The van der Waals surface area contributed by atoms with Crippen LogP contribution in [0.25, 0.3) is 0 Å². The molecule has 3 heteroatoms. The zero-order valence-corrected chi connectivity index (χ0v) is 8.74.